The van der Waals surface area contributed by atoms with Crippen LogP contribution >= 0.6 is 0 Å². The lowest BCUT2D eigenvalue weighted by Crippen LogP contribution is -2.23. The summed E-state index contributed by atoms with van der Waals surface area (Å²) < 4.78 is 11.9. The monoisotopic (exact) mass is 582 g/mol. The Morgan fingerprint density at radius 3 is 2.14 bits per heavy atom. The van der Waals surface area contributed by atoms with Crippen LogP contribution in [0.2, 0.25) is 0 Å². The number of allylic oxidation sites excluding steroid dienone is 1. The van der Waals surface area contributed by atoms with Crippen LogP contribution in [0.15, 0.2) is 91.0 Å². The average molecular weight is 583 g/mol. The Hall–Kier alpha value is -4.95. The van der Waals surface area contributed by atoms with E-state index in [4.69, 9.17) is 9.47 Å². The second kappa shape index (κ2) is 12.9. The summed E-state index contributed by atoms with van der Waals surface area (Å²) in [4.78, 5) is 13.5. The summed E-state index contributed by atoms with van der Waals surface area (Å²) >= 11 is 0. The Labute approximate surface area is 249 Å². The van der Waals surface area contributed by atoms with E-state index in [1.54, 1.807) is 48.5 Å². The molecule has 4 aromatic rings. The van der Waals surface area contributed by atoms with E-state index in [1.165, 1.54) is 25.3 Å². The smallest absolute Gasteiger partial charge is 0.174 e. The van der Waals surface area contributed by atoms with Crippen LogP contribution in [0.1, 0.15) is 63.9 Å². The van der Waals surface area contributed by atoms with Crippen molar-refractivity contribution in [3.63, 3.8) is 0 Å². The normalized spacial score (nSPS) is 16.0. The van der Waals surface area contributed by atoms with Gasteiger partial charge in [0.15, 0.2) is 5.78 Å². The third-order valence-electron chi connectivity index (χ3n) is 7.66. The number of carbonyl (C=O) groups is 1. The molecule has 1 aliphatic heterocycles. The number of aliphatic hydroxyl groups is 1. The first-order chi connectivity index (χ1) is 20.7. The lowest BCUT2D eigenvalue weighted by atomic mass is 9.85. The number of phenolic OH excluding ortho intramolecular Hbond substituents is 4. The van der Waals surface area contributed by atoms with E-state index >= 15 is 0 Å². The summed E-state index contributed by atoms with van der Waals surface area (Å²) in [6.07, 6.45) is 3.91. The van der Waals surface area contributed by atoms with Crippen molar-refractivity contribution in [1.82, 2.24) is 0 Å². The van der Waals surface area contributed by atoms with Crippen LogP contribution in [0.4, 0.5) is 0 Å². The van der Waals surface area contributed by atoms with Crippen LogP contribution in [0.3, 0.4) is 0 Å². The van der Waals surface area contributed by atoms with Gasteiger partial charge in [-0.25, -0.2) is 0 Å². The van der Waals surface area contributed by atoms with Gasteiger partial charge in [0.1, 0.15) is 46.2 Å². The number of fused-ring (bicyclic) bond motifs is 1. The molecule has 5 N–H and O–H groups in total. The van der Waals surface area contributed by atoms with Crippen molar-refractivity contribution in [3.05, 3.63) is 119 Å². The van der Waals surface area contributed by atoms with E-state index in [-0.39, 0.29) is 52.3 Å². The summed E-state index contributed by atoms with van der Waals surface area (Å²) in [5, 5.41) is 51.2. The minimum atomic E-state index is -0.656. The fourth-order valence-electron chi connectivity index (χ4n) is 5.36. The van der Waals surface area contributed by atoms with Crippen molar-refractivity contribution in [2.24, 2.45) is 0 Å². The fraction of sp³-hybridized carbons (Fsp3) is 0.229. The number of phenols is 4. The van der Waals surface area contributed by atoms with Crippen molar-refractivity contribution >= 4 is 5.78 Å². The highest BCUT2D eigenvalue weighted by molar-refractivity contribution is 6.03. The van der Waals surface area contributed by atoms with Crippen LogP contribution < -0.4 is 9.47 Å². The van der Waals surface area contributed by atoms with Gasteiger partial charge in [-0.05, 0) is 72.4 Å². The van der Waals surface area contributed by atoms with Crippen molar-refractivity contribution < 1.29 is 39.8 Å². The number of rotatable bonds is 10. The van der Waals surface area contributed by atoms with Gasteiger partial charge in [-0.2, -0.15) is 0 Å². The van der Waals surface area contributed by atoms with Crippen molar-refractivity contribution in [3.8, 4) is 34.5 Å². The topological polar surface area (TPSA) is 137 Å². The Morgan fingerprint density at radius 2 is 1.51 bits per heavy atom. The molecule has 0 amide bonds. The van der Waals surface area contributed by atoms with E-state index < -0.39 is 18.1 Å². The highest BCUT2D eigenvalue weighted by Crippen LogP contribution is 2.50. The Bertz CT molecular complexity index is 1590. The number of aromatic hydroxyl groups is 4. The molecule has 0 unspecified atom stereocenters. The van der Waals surface area contributed by atoms with Crippen LogP contribution in [-0.4, -0.2) is 44.5 Å². The first kappa shape index (κ1) is 29.5. The van der Waals surface area contributed by atoms with E-state index in [0.717, 1.165) is 11.1 Å². The molecule has 5 rings (SSSR count). The number of hydrogen-bond donors (Lipinski definition) is 5. The minimum Gasteiger partial charge on any atom is -0.508 e. The van der Waals surface area contributed by atoms with E-state index in [1.807, 2.05) is 24.3 Å². The molecule has 0 saturated heterocycles. The number of benzene rings is 4. The Kier molecular flexibility index (Phi) is 8.87. The molecule has 8 heteroatoms. The maximum absolute atomic E-state index is 13.5. The molecule has 3 atom stereocenters. The highest BCUT2D eigenvalue weighted by atomic mass is 16.5. The van der Waals surface area contributed by atoms with E-state index in [9.17, 15) is 30.3 Å². The van der Waals surface area contributed by atoms with Gasteiger partial charge in [-0.1, -0.05) is 48.6 Å². The summed E-state index contributed by atoms with van der Waals surface area (Å²) in [5.41, 5.74) is 3.00. The molecule has 222 valence electrons. The van der Waals surface area contributed by atoms with Crippen LogP contribution in [0.5, 0.6) is 34.5 Å². The number of Topliss-reactive ketones (excluding diaryl/α,β-unsaturated/α-hetero) is 1. The number of aliphatic hydroxyl groups excluding tert-OH is 1. The van der Waals surface area contributed by atoms with Gasteiger partial charge in [-0.15, -0.1) is 0 Å². The van der Waals surface area contributed by atoms with Gasteiger partial charge in [-0.3, -0.25) is 4.79 Å². The zero-order valence-electron chi connectivity index (χ0n) is 23.7. The molecule has 0 radical (unpaired) electrons. The van der Waals surface area contributed by atoms with E-state index in [2.05, 4.69) is 0 Å². The summed E-state index contributed by atoms with van der Waals surface area (Å²) in [5.74, 6) is -0.191. The number of carbonyl (C=O) groups excluding carboxylic acids is 1. The van der Waals surface area contributed by atoms with Crippen molar-refractivity contribution in [2.75, 3.05) is 7.11 Å². The largest absolute Gasteiger partial charge is 0.508 e. The summed E-state index contributed by atoms with van der Waals surface area (Å²) in [7, 11) is 1.42. The minimum absolute atomic E-state index is 0.0469. The molecule has 4 aromatic carbocycles. The first-order valence-corrected chi connectivity index (χ1v) is 14.1. The third kappa shape index (κ3) is 6.76. The van der Waals surface area contributed by atoms with Gasteiger partial charge in [0.2, 0.25) is 0 Å². The predicted octanol–water partition coefficient (Wildman–Crippen LogP) is 6.30. The van der Waals surface area contributed by atoms with Crippen molar-refractivity contribution in [1.29, 1.82) is 0 Å². The summed E-state index contributed by atoms with van der Waals surface area (Å²) in [6, 6.07) is 21.2. The van der Waals surface area contributed by atoms with Gasteiger partial charge in [0.05, 0.1) is 19.6 Å². The molecule has 0 fully saturated rings. The number of methoxy groups -OCH3 is 1. The van der Waals surface area contributed by atoms with Crippen LogP contribution in [0, 0.1) is 0 Å². The number of ketones is 1. The van der Waals surface area contributed by atoms with Crippen molar-refractivity contribution in [2.45, 2.75) is 43.8 Å². The molecule has 0 saturated carbocycles. The molecule has 1 heterocycles. The van der Waals surface area contributed by atoms with Gasteiger partial charge in [0, 0.05) is 17.5 Å². The maximum Gasteiger partial charge on any atom is 0.174 e. The Balaban J connectivity index is 1.49. The molecule has 8 nitrogen and oxygen atoms in total. The van der Waals surface area contributed by atoms with Crippen LogP contribution in [0.25, 0.3) is 0 Å². The molecule has 0 aliphatic carbocycles. The number of ether oxygens (including phenoxy) is 2. The second-order valence-corrected chi connectivity index (χ2v) is 10.6. The standard InChI is InChI=1S/C35H34O8/c1-42-32-20-29(40)33(35-34(32)30(41)19-31(43-35)23-10-17-27(39)18-11-23)28(22-8-15-26(38)16-9-22)4-2-3-24(36)12-5-21-6-13-25(37)14-7-21/h2,4,6-11,13-18,20,24,28,31,36-40H,3,5,12,19H2,1H3/t24-,28-,31+/m1/s1. The molecule has 0 aromatic heterocycles. The van der Waals surface area contributed by atoms with Gasteiger partial charge >= 0.3 is 0 Å². The SMILES string of the molecule is COc1cc(O)c([C@H](C=CC[C@@H](O)CCc2ccc(O)cc2)c2ccc(O)cc2)c2c1C(=O)C[C@@H](c1ccc(O)cc1)O2. The lowest BCUT2D eigenvalue weighted by Gasteiger charge is -2.31. The van der Waals surface area contributed by atoms with E-state index in [0.29, 0.717) is 30.4 Å². The molecule has 0 spiro atoms. The molecular weight excluding hydrogens is 548 g/mol. The second-order valence-electron chi connectivity index (χ2n) is 10.6. The quantitative estimate of drug-likeness (QED) is 0.138. The third-order valence-corrected chi connectivity index (χ3v) is 7.66. The number of hydrogen-bond acceptors (Lipinski definition) is 8. The molecule has 43 heavy (non-hydrogen) atoms. The maximum atomic E-state index is 13.5. The summed E-state index contributed by atoms with van der Waals surface area (Å²) in [6.45, 7) is 0. The fourth-order valence-corrected chi connectivity index (χ4v) is 5.36. The number of aryl methyl sites for hydroxylation is 1. The van der Waals surface area contributed by atoms with Crippen LogP contribution in [-0.2, 0) is 6.42 Å². The zero-order valence-corrected chi connectivity index (χ0v) is 23.7. The Morgan fingerprint density at radius 1 is 0.907 bits per heavy atom. The first-order valence-electron chi connectivity index (χ1n) is 14.1. The lowest BCUT2D eigenvalue weighted by molar-refractivity contribution is 0.0841. The zero-order chi connectivity index (χ0) is 30.5. The molecular formula is C35H34O8. The molecule has 1 aliphatic rings. The average Bonchev–Trinajstić information content (AvgIpc) is 3.00. The highest BCUT2D eigenvalue weighted by Gasteiger charge is 2.36. The van der Waals surface area contributed by atoms with Gasteiger partial charge in [0.25, 0.3) is 0 Å². The molecule has 0 bridgehead atoms. The predicted molar refractivity (Wildman–Crippen MR) is 161 cm³/mol. The van der Waals surface area contributed by atoms with Gasteiger partial charge < -0.3 is 35.0 Å².